The Bertz CT molecular complexity index is 858. The fraction of sp³-hybridized carbons (Fsp3) is 0.316. The molecule has 0 spiro atoms. The number of aromatic hydroxyl groups is 1. The Hall–Kier alpha value is -3.29. The minimum absolute atomic E-state index is 0.0969. The topological polar surface area (TPSA) is 89.5 Å². The molecule has 0 saturated heterocycles. The number of carbonyl (C=O) groups excluding carboxylic acids is 1. The molecule has 1 aliphatic heterocycles. The number of benzene rings is 2. The fourth-order valence-corrected chi connectivity index (χ4v) is 3.11. The number of nitrogens with zero attached hydrogens (tertiary/aromatic N) is 1. The SMILES string of the molecule is COc1cc2c(cc1OC)C(=O)N(C)C(c1cc(OC)c(O)c(OC)c1)N2. The molecule has 2 aromatic rings. The van der Waals surface area contributed by atoms with Crippen molar-refractivity contribution in [3.8, 4) is 28.7 Å². The Kier molecular flexibility index (Phi) is 4.89. The van der Waals surface area contributed by atoms with Crippen molar-refractivity contribution in [1.82, 2.24) is 4.90 Å². The van der Waals surface area contributed by atoms with Gasteiger partial charge in [0.25, 0.3) is 5.91 Å². The highest BCUT2D eigenvalue weighted by Crippen LogP contribution is 2.43. The van der Waals surface area contributed by atoms with Crippen LogP contribution in [0.5, 0.6) is 28.7 Å². The summed E-state index contributed by atoms with van der Waals surface area (Å²) >= 11 is 0. The molecule has 3 rings (SSSR count). The monoisotopic (exact) mass is 374 g/mol. The maximum absolute atomic E-state index is 12.9. The van der Waals surface area contributed by atoms with E-state index in [2.05, 4.69) is 5.32 Å². The van der Waals surface area contributed by atoms with Crippen molar-refractivity contribution in [2.24, 2.45) is 0 Å². The van der Waals surface area contributed by atoms with E-state index in [-0.39, 0.29) is 23.2 Å². The van der Waals surface area contributed by atoms with Crippen LogP contribution in [0.15, 0.2) is 24.3 Å². The zero-order valence-corrected chi connectivity index (χ0v) is 15.8. The van der Waals surface area contributed by atoms with Gasteiger partial charge in [0, 0.05) is 18.7 Å². The predicted octanol–water partition coefficient (Wildman–Crippen LogP) is 2.62. The number of ether oxygens (including phenoxy) is 4. The van der Waals surface area contributed by atoms with Gasteiger partial charge >= 0.3 is 0 Å². The number of anilines is 1. The van der Waals surface area contributed by atoms with Gasteiger partial charge in [-0.05, 0) is 18.2 Å². The van der Waals surface area contributed by atoms with Crippen LogP contribution >= 0.6 is 0 Å². The maximum atomic E-state index is 12.9. The van der Waals surface area contributed by atoms with Gasteiger partial charge in [-0.3, -0.25) is 4.79 Å². The van der Waals surface area contributed by atoms with Gasteiger partial charge in [-0.25, -0.2) is 0 Å². The summed E-state index contributed by atoms with van der Waals surface area (Å²) in [5, 5.41) is 13.5. The molecule has 0 fully saturated rings. The first kappa shape index (κ1) is 18.5. The lowest BCUT2D eigenvalue weighted by Crippen LogP contribution is -2.40. The van der Waals surface area contributed by atoms with Crippen LogP contribution in [0.2, 0.25) is 0 Å². The fourth-order valence-electron chi connectivity index (χ4n) is 3.11. The van der Waals surface area contributed by atoms with Crippen molar-refractivity contribution in [2.45, 2.75) is 6.17 Å². The van der Waals surface area contributed by atoms with E-state index < -0.39 is 6.17 Å². The molecule has 0 aromatic heterocycles. The van der Waals surface area contributed by atoms with Crippen molar-refractivity contribution in [2.75, 3.05) is 40.8 Å². The van der Waals surface area contributed by atoms with E-state index in [1.165, 1.54) is 28.4 Å². The molecular formula is C19H22N2O6. The summed E-state index contributed by atoms with van der Waals surface area (Å²) in [6, 6.07) is 6.69. The summed E-state index contributed by atoms with van der Waals surface area (Å²) in [6.45, 7) is 0. The highest BCUT2D eigenvalue weighted by molar-refractivity contribution is 6.02. The van der Waals surface area contributed by atoms with Crippen molar-refractivity contribution in [3.05, 3.63) is 35.4 Å². The molecule has 8 heteroatoms. The molecular weight excluding hydrogens is 352 g/mol. The number of phenolic OH excluding ortho intramolecular Hbond substituents is 1. The molecule has 2 aromatic carbocycles. The van der Waals surface area contributed by atoms with E-state index >= 15 is 0 Å². The lowest BCUT2D eigenvalue weighted by Gasteiger charge is -2.36. The molecule has 1 heterocycles. The van der Waals surface area contributed by atoms with Crippen LogP contribution in [0.4, 0.5) is 5.69 Å². The van der Waals surface area contributed by atoms with E-state index in [1.54, 1.807) is 36.2 Å². The van der Waals surface area contributed by atoms with Crippen molar-refractivity contribution in [3.63, 3.8) is 0 Å². The van der Waals surface area contributed by atoms with Crippen LogP contribution in [-0.4, -0.2) is 51.4 Å². The summed E-state index contributed by atoms with van der Waals surface area (Å²) in [6.07, 6.45) is -0.494. The normalized spacial score (nSPS) is 15.7. The predicted molar refractivity (Wildman–Crippen MR) is 99.2 cm³/mol. The largest absolute Gasteiger partial charge is 0.502 e. The van der Waals surface area contributed by atoms with Gasteiger partial charge in [0.1, 0.15) is 6.17 Å². The summed E-state index contributed by atoms with van der Waals surface area (Å²) in [7, 11) is 7.65. The number of amides is 1. The second-order valence-electron chi connectivity index (χ2n) is 5.99. The van der Waals surface area contributed by atoms with E-state index in [9.17, 15) is 9.90 Å². The quantitative estimate of drug-likeness (QED) is 0.831. The maximum Gasteiger partial charge on any atom is 0.257 e. The van der Waals surface area contributed by atoms with Gasteiger partial charge in [-0.2, -0.15) is 0 Å². The number of methoxy groups -OCH3 is 4. The molecule has 2 N–H and O–H groups in total. The van der Waals surface area contributed by atoms with E-state index in [1.807, 2.05) is 0 Å². The number of phenols is 1. The Balaban J connectivity index is 2.09. The van der Waals surface area contributed by atoms with Gasteiger partial charge in [0.15, 0.2) is 23.0 Å². The van der Waals surface area contributed by atoms with E-state index in [4.69, 9.17) is 18.9 Å². The molecule has 1 aliphatic rings. The zero-order chi connectivity index (χ0) is 19.7. The lowest BCUT2D eigenvalue weighted by molar-refractivity contribution is 0.0734. The molecule has 27 heavy (non-hydrogen) atoms. The third-order valence-electron chi connectivity index (χ3n) is 4.57. The summed E-state index contributed by atoms with van der Waals surface area (Å²) in [4.78, 5) is 14.5. The highest BCUT2D eigenvalue weighted by atomic mass is 16.5. The van der Waals surface area contributed by atoms with Gasteiger partial charge in [-0.1, -0.05) is 0 Å². The number of hydrogen-bond acceptors (Lipinski definition) is 7. The molecule has 8 nitrogen and oxygen atoms in total. The Morgan fingerprint density at radius 2 is 1.41 bits per heavy atom. The molecule has 1 atom stereocenters. The summed E-state index contributed by atoms with van der Waals surface area (Å²) in [5.74, 6) is 1.23. The average molecular weight is 374 g/mol. The highest BCUT2D eigenvalue weighted by Gasteiger charge is 2.33. The lowest BCUT2D eigenvalue weighted by atomic mass is 10.0. The van der Waals surface area contributed by atoms with E-state index in [0.29, 0.717) is 28.3 Å². The van der Waals surface area contributed by atoms with E-state index in [0.717, 1.165) is 0 Å². The molecule has 0 radical (unpaired) electrons. The molecule has 1 amide bonds. The Morgan fingerprint density at radius 1 is 0.889 bits per heavy atom. The minimum atomic E-state index is -0.494. The van der Waals surface area contributed by atoms with Gasteiger partial charge < -0.3 is 34.3 Å². The third kappa shape index (κ3) is 3.03. The summed E-state index contributed by atoms with van der Waals surface area (Å²) < 4.78 is 21.1. The number of nitrogens with one attached hydrogen (secondary N) is 1. The standard InChI is InChI=1S/C19H22N2O6/c1-21-18(10-6-15(26-4)17(22)16(7-10)27-5)20-12-9-14(25-3)13(24-2)8-11(12)19(21)23/h6-9,18,20,22H,1-5H3. The van der Waals surface area contributed by atoms with Crippen LogP contribution in [0, 0.1) is 0 Å². The Morgan fingerprint density at radius 3 is 1.93 bits per heavy atom. The number of fused-ring (bicyclic) bond motifs is 1. The summed E-state index contributed by atoms with van der Waals surface area (Å²) in [5.41, 5.74) is 1.79. The van der Waals surface area contributed by atoms with Crippen molar-refractivity contribution >= 4 is 11.6 Å². The number of rotatable bonds is 5. The molecule has 144 valence electrons. The smallest absolute Gasteiger partial charge is 0.257 e. The van der Waals surface area contributed by atoms with Gasteiger partial charge in [0.05, 0.1) is 39.7 Å². The second kappa shape index (κ2) is 7.14. The van der Waals surface area contributed by atoms with Crippen LogP contribution in [0.3, 0.4) is 0 Å². The van der Waals surface area contributed by atoms with Gasteiger partial charge in [0.2, 0.25) is 5.75 Å². The van der Waals surface area contributed by atoms with Crippen LogP contribution < -0.4 is 24.3 Å². The van der Waals surface area contributed by atoms with Crippen molar-refractivity contribution < 1.29 is 28.8 Å². The van der Waals surface area contributed by atoms with Crippen LogP contribution in [0.25, 0.3) is 0 Å². The zero-order valence-electron chi connectivity index (χ0n) is 15.8. The van der Waals surface area contributed by atoms with Crippen LogP contribution in [0.1, 0.15) is 22.1 Å². The van der Waals surface area contributed by atoms with Crippen LogP contribution in [-0.2, 0) is 0 Å². The third-order valence-corrected chi connectivity index (χ3v) is 4.57. The average Bonchev–Trinajstić information content (AvgIpc) is 2.69. The second-order valence-corrected chi connectivity index (χ2v) is 5.99. The number of hydrogen-bond donors (Lipinski definition) is 2. The molecule has 0 saturated carbocycles. The first-order chi connectivity index (χ1) is 12.9. The minimum Gasteiger partial charge on any atom is -0.502 e. The van der Waals surface area contributed by atoms with Gasteiger partial charge in [-0.15, -0.1) is 0 Å². The first-order valence-corrected chi connectivity index (χ1v) is 8.19. The number of carbonyl (C=O) groups is 1. The Labute approximate surface area is 157 Å². The first-order valence-electron chi connectivity index (χ1n) is 8.19. The van der Waals surface area contributed by atoms with Crippen molar-refractivity contribution in [1.29, 1.82) is 0 Å². The molecule has 0 bridgehead atoms. The molecule has 0 aliphatic carbocycles. The molecule has 1 unspecified atom stereocenters.